The molecular formula is C10H18N2O3. The van der Waals surface area contributed by atoms with Crippen LogP contribution in [0.5, 0.6) is 0 Å². The van der Waals surface area contributed by atoms with Gasteiger partial charge in [0.2, 0.25) is 5.91 Å². The fraction of sp³-hybridized carbons (Fsp3) is 0.900. The quantitative estimate of drug-likeness (QED) is 0.664. The van der Waals surface area contributed by atoms with Crippen molar-refractivity contribution in [3.63, 3.8) is 0 Å². The van der Waals surface area contributed by atoms with Crippen LogP contribution in [0.2, 0.25) is 0 Å². The molecule has 0 spiro atoms. The lowest BCUT2D eigenvalue weighted by Crippen LogP contribution is -2.56. The topological polar surface area (TPSA) is 87.6 Å². The molecule has 15 heavy (non-hydrogen) atoms. The van der Waals surface area contributed by atoms with Crippen LogP contribution in [-0.4, -0.2) is 36.9 Å². The molecule has 0 bridgehead atoms. The minimum absolute atomic E-state index is 0.0603. The number of rotatable bonds is 3. The van der Waals surface area contributed by atoms with Gasteiger partial charge in [-0.1, -0.05) is 0 Å². The Morgan fingerprint density at radius 1 is 1.40 bits per heavy atom. The summed E-state index contributed by atoms with van der Waals surface area (Å²) in [6, 6.07) is 0. The van der Waals surface area contributed by atoms with E-state index in [0.717, 1.165) is 12.8 Å². The molecule has 1 heterocycles. The minimum atomic E-state index is -0.868. The minimum Gasteiger partial charge on any atom is -0.376 e. The van der Waals surface area contributed by atoms with Gasteiger partial charge in [0.05, 0.1) is 24.9 Å². The maximum Gasteiger partial charge on any atom is 0.237 e. The van der Waals surface area contributed by atoms with Crippen LogP contribution in [0.3, 0.4) is 0 Å². The molecule has 5 heteroatoms. The van der Waals surface area contributed by atoms with Crippen molar-refractivity contribution in [1.82, 2.24) is 0 Å². The number of carbonyl (C=O) groups excluding carboxylic acids is 1. The van der Waals surface area contributed by atoms with E-state index in [9.17, 15) is 4.79 Å². The van der Waals surface area contributed by atoms with E-state index in [0.29, 0.717) is 26.1 Å². The van der Waals surface area contributed by atoms with Gasteiger partial charge in [0.25, 0.3) is 0 Å². The van der Waals surface area contributed by atoms with E-state index in [4.69, 9.17) is 20.9 Å². The monoisotopic (exact) mass is 214 g/mol. The third-order valence-electron chi connectivity index (χ3n) is 3.22. The number of hydrogen-bond donors (Lipinski definition) is 2. The second-order valence-electron chi connectivity index (χ2n) is 4.53. The smallest absolute Gasteiger partial charge is 0.237 e. The predicted molar refractivity (Wildman–Crippen MR) is 54.1 cm³/mol. The van der Waals surface area contributed by atoms with E-state index in [1.807, 2.05) is 0 Å². The van der Waals surface area contributed by atoms with Crippen LogP contribution in [-0.2, 0) is 14.3 Å². The largest absolute Gasteiger partial charge is 0.376 e. The average Bonchev–Trinajstić information content (AvgIpc) is 2.12. The van der Waals surface area contributed by atoms with E-state index in [1.165, 1.54) is 0 Å². The van der Waals surface area contributed by atoms with Crippen LogP contribution in [0.15, 0.2) is 0 Å². The summed E-state index contributed by atoms with van der Waals surface area (Å²) < 4.78 is 10.8. The Kier molecular flexibility index (Phi) is 2.95. The Morgan fingerprint density at radius 2 is 2.13 bits per heavy atom. The van der Waals surface area contributed by atoms with Gasteiger partial charge >= 0.3 is 0 Å². The number of ether oxygens (including phenoxy) is 2. The first-order valence-corrected chi connectivity index (χ1v) is 5.42. The first-order chi connectivity index (χ1) is 7.10. The van der Waals surface area contributed by atoms with Gasteiger partial charge in [0.15, 0.2) is 0 Å². The normalized spacial score (nSPS) is 37.3. The molecule has 2 aliphatic rings. The molecule has 1 amide bonds. The van der Waals surface area contributed by atoms with Crippen LogP contribution in [0.1, 0.15) is 25.7 Å². The molecule has 0 radical (unpaired) electrons. The van der Waals surface area contributed by atoms with Gasteiger partial charge in [-0.3, -0.25) is 4.79 Å². The molecule has 1 saturated carbocycles. The lowest BCUT2D eigenvalue weighted by atomic mass is 9.80. The molecule has 1 aliphatic heterocycles. The zero-order valence-corrected chi connectivity index (χ0v) is 8.78. The van der Waals surface area contributed by atoms with Gasteiger partial charge < -0.3 is 20.9 Å². The number of amides is 1. The van der Waals surface area contributed by atoms with Gasteiger partial charge in [0, 0.05) is 6.42 Å². The highest BCUT2D eigenvalue weighted by molar-refractivity contribution is 5.84. The average molecular weight is 214 g/mol. The Labute approximate surface area is 89.1 Å². The summed E-state index contributed by atoms with van der Waals surface area (Å²) in [5.41, 5.74) is 10.4. The van der Waals surface area contributed by atoms with Crippen LogP contribution >= 0.6 is 0 Å². The van der Waals surface area contributed by atoms with Crippen molar-refractivity contribution in [2.24, 2.45) is 11.5 Å². The van der Waals surface area contributed by atoms with E-state index in [-0.39, 0.29) is 12.2 Å². The molecule has 2 unspecified atom stereocenters. The first kappa shape index (κ1) is 10.9. The molecule has 1 saturated heterocycles. The molecule has 2 rings (SSSR count). The third kappa shape index (κ3) is 2.30. The van der Waals surface area contributed by atoms with Crippen molar-refractivity contribution in [2.75, 3.05) is 13.2 Å². The highest BCUT2D eigenvalue weighted by Gasteiger charge is 2.39. The summed E-state index contributed by atoms with van der Waals surface area (Å²) >= 11 is 0. The van der Waals surface area contributed by atoms with E-state index in [2.05, 4.69) is 0 Å². The van der Waals surface area contributed by atoms with Crippen LogP contribution in [0.25, 0.3) is 0 Å². The fourth-order valence-corrected chi connectivity index (χ4v) is 2.16. The molecule has 4 N–H and O–H groups in total. The number of carbonyl (C=O) groups is 1. The van der Waals surface area contributed by atoms with E-state index >= 15 is 0 Å². The van der Waals surface area contributed by atoms with Crippen molar-refractivity contribution in [2.45, 2.75) is 43.4 Å². The Hall–Kier alpha value is -0.650. The molecule has 0 aromatic carbocycles. The standard InChI is InChI=1S/C10H18N2O3/c11-9(13)10(12)3-1-2-7(4-10)15-8-5-14-6-8/h7-8H,1-6,12H2,(H2,11,13). The van der Waals surface area contributed by atoms with Gasteiger partial charge in [-0.25, -0.2) is 0 Å². The molecule has 86 valence electrons. The van der Waals surface area contributed by atoms with Gasteiger partial charge in [-0.15, -0.1) is 0 Å². The van der Waals surface area contributed by atoms with Crippen molar-refractivity contribution >= 4 is 5.91 Å². The first-order valence-electron chi connectivity index (χ1n) is 5.42. The molecule has 0 aromatic heterocycles. The summed E-state index contributed by atoms with van der Waals surface area (Å²) in [6.07, 6.45) is 3.32. The highest BCUT2D eigenvalue weighted by atomic mass is 16.6. The van der Waals surface area contributed by atoms with Crippen LogP contribution < -0.4 is 11.5 Å². The Balaban J connectivity index is 1.88. The summed E-state index contributed by atoms with van der Waals surface area (Å²) in [7, 11) is 0. The third-order valence-corrected chi connectivity index (χ3v) is 3.22. The Morgan fingerprint density at radius 3 is 2.67 bits per heavy atom. The Bertz CT molecular complexity index is 255. The van der Waals surface area contributed by atoms with Gasteiger partial charge in [-0.05, 0) is 19.3 Å². The highest BCUT2D eigenvalue weighted by Crippen LogP contribution is 2.29. The van der Waals surface area contributed by atoms with Crippen LogP contribution in [0, 0.1) is 0 Å². The SMILES string of the molecule is NC(=O)C1(N)CCCC(OC2COC2)C1. The lowest BCUT2D eigenvalue weighted by Gasteiger charge is -2.38. The summed E-state index contributed by atoms with van der Waals surface area (Å²) in [4.78, 5) is 11.2. The van der Waals surface area contributed by atoms with Crippen molar-refractivity contribution in [1.29, 1.82) is 0 Å². The van der Waals surface area contributed by atoms with Gasteiger partial charge in [-0.2, -0.15) is 0 Å². The molecule has 2 fully saturated rings. The number of nitrogens with two attached hydrogens (primary N) is 2. The molecule has 2 atom stereocenters. The molecule has 5 nitrogen and oxygen atoms in total. The zero-order valence-electron chi connectivity index (χ0n) is 8.78. The molecular weight excluding hydrogens is 196 g/mol. The van der Waals surface area contributed by atoms with Crippen molar-refractivity contribution in [3.05, 3.63) is 0 Å². The molecule has 0 aromatic rings. The van der Waals surface area contributed by atoms with E-state index < -0.39 is 11.4 Å². The zero-order chi connectivity index (χ0) is 10.9. The summed E-state index contributed by atoms with van der Waals surface area (Å²) in [6.45, 7) is 1.31. The van der Waals surface area contributed by atoms with Crippen molar-refractivity contribution < 1.29 is 14.3 Å². The maximum atomic E-state index is 11.2. The maximum absolute atomic E-state index is 11.2. The predicted octanol–water partition coefficient (Wildman–Crippen LogP) is -0.473. The van der Waals surface area contributed by atoms with E-state index in [1.54, 1.807) is 0 Å². The summed E-state index contributed by atoms with van der Waals surface area (Å²) in [5.74, 6) is -0.416. The second kappa shape index (κ2) is 4.08. The van der Waals surface area contributed by atoms with Crippen LogP contribution in [0.4, 0.5) is 0 Å². The number of primary amides is 1. The lowest BCUT2D eigenvalue weighted by molar-refractivity contribution is -0.165. The second-order valence-corrected chi connectivity index (χ2v) is 4.53. The van der Waals surface area contributed by atoms with Gasteiger partial charge in [0.1, 0.15) is 6.10 Å². The fourth-order valence-electron chi connectivity index (χ4n) is 2.16. The number of hydrogen-bond acceptors (Lipinski definition) is 4. The van der Waals surface area contributed by atoms with Crippen molar-refractivity contribution in [3.8, 4) is 0 Å². The summed E-state index contributed by atoms with van der Waals surface area (Å²) in [5, 5.41) is 0. The molecule has 1 aliphatic carbocycles.